The molecule has 1 aromatic rings. The van der Waals surface area contributed by atoms with Crippen LogP contribution < -0.4 is 5.32 Å². The van der Waals surface area contributed by atoms with Crippen LogP contribution in [-0.2, 0) is 26.2 Å². The van der Waals surface area contributed by atoms with Crippen LogP contribution in [0.4, 0.5) is 0 Å². The van der Waals surface area contributed by atoms with E-state index in [0.717, 1.165) is 11.3 Å². The minimum Gasteiger partial charge on any atom is -0.464 e. The molecular formula is C14H19NO3S. The summed E-state index contributed by atoms with van der Waals surface area (Å²) in [6.45, 7) is 6.15. The lowest BCUT2D eigenvalue weighted by Gasteiger charge is -2.27. The molecule has 0 aliphatic carbocycles. The highest BCUT2D eigenvalue weighted by Crippen LogP contribution is 2.40. The number of aryl methyl sites for hydroxylation is 1. The summed E-state index contributed by atoms with van der Waals surface area (Å²) in [4.78, 5) is 26.1. The van der Waals surface area contributed by atoms with Gasteiger partial charge in [-0.2, -0.15) is 0 Å². The normalized spacial score (nSPS) is 26.3. The largest absolute Gasteiger partial charge is 0.464 e. The molecule has 19 heavy (non-hydrogen) atoms. The molecule has 1 fully saturated rings. The molecule has 0 radical (unpaired) electrons. The molecule has 2 heterocycles. The highest BCUT2D eigenvalue weighted by molar-refractivity contribution is 7.12. The number of carbonyl (C=O) groups excluding carboxylic acids is 2. The van der Waals surface area contributed by atoms with Crippen LogP contribution in [0, 0.1) is 0 Å². The summed E-state index contributed by atoms with van der Waals surface area (Å²) in [7, 11) is 0. The number of ether oxygens (including phenoxy) is 1. The summed E-state index contributed by atoms with van der Waals surface area (Å²) < 4.78 is 5.08. The van der Waals surface area contributed by atoms with E-state index in [9.17, 15) is 9.59 Å². The third-order valence-corrected chi connectivity index (χ3v) is 5.07. The summed E-state index contributed by atoms with van der Waals surface area (Å²) >= 11 is 1.67. The number of rotatable bonds is 4. The minimum absolute atomic E-state index is 0.0907. The molecule has 1 amide bonds. The van der Waals surface area contributed by atoms with Gasteiger partial charge in [0.1, 0.15) is 6.04 Å². The topological polar surface area (TPSA) is 55.4 Å². The molecule has 4 nitrogen and oxygen atoms in total. The van der Waals surface area contributed by atoms with Crippen molar-refractivity contribution >= 4 is 23.2 Å². The number of hydrogen-bond donors (Lipinski definition) is 1. The van der Waals surface area contributed by atoms with Crippen LogP contribution >= 0.6 is 11.3 Å². The molecular weight excluding hydrogens is 262 g/mol. The van der Waals surface area contributed by atoms with Crippen molar-refractivity contribution in [1.82, 2.24) is 5.32 Å². The van der Waals surface area contributed by atoms with Gasteiger partial charge in [-0.25, -0.2) is 4.79 Å². The summed E-state index contributed by atoms with van der Waals surface area (Å²) in [5.74, 6) is -0.436. The zero-order chi connectivity index (χ0) is 14.0. The lowest BCUT2D eigenvalue weighted by atomic mass is 9.81. The predicted molar refractivity (Wildman–Crippen MR) is 74.2 cm³/mol. The first kappa shape index (κ1) is 14.1. The van der Waals surface area contributed by atoms with Gasteiger partial charge < -0.3 is 10.1 Å². The molecule has 1 aliphatic heterocycles. The van der Waals surface area contributed by atoms with E-state index in [0.29, 0.717) is 13.0 Å². The van der Waals surface area contributed by atoms with Gasteiger partial charge in [0.25, 0.3) is 0 Å². The molecule has 1 aliphatic rings. The maximum atomic E-state index is 12.0. The van der Waals surface area contributed by atoms with Crippen LogP contribution in [0.1, 0.15) is 36.9 Å². The average Bonchev–Trinajstić information content (AvgIpc) is 2.95. The average molecular weight is 281 g/mol. The van der Waals surface area contributed by atoms with Crippen LogP contribution in [0.2, 0.25) is 0 Å². The van der Waals surface area contributed by atoms with Gasteiger partial charge in [-0.3, -0.25) is 4.79 Å². The third-order valence-electron chi connectivity index (χ3n) is 3.57. The van der Waals surface area contributed by atoms with Crippen LogP contribution in [0.3, 0.4) is 0 Å². The van der Waals surface area contributed by atoms with Gasteiger partial charge in [0.05, 0.1) is 6.61 Å². The van der Waals surface area contributed by atoms with E-state index in [1.165, 1.54) is 4.88 Å². The molecule has 0 bridgehead atoms. The van der Waals surface area contributed by atoms with Gasteiger partial charge in [0.2, 0.25) is 5.91 Å². The van der Waals surface area contributed by atoms with E-state index in [1.54, 1.807) is 18.3 Å². The van der Waals surface area contributed by atoms with Crippen molar-refractivity contribution in [2.75, 3.05) is 6.61 Å². The van der Waals surface area contributed by atoms with Crippen LogP contribution in [0.15, 0.2) is 12.1 Å². The summed E-state index contributed by atoms with van der Waals surface area (Å²) in [6.07, 6.45) is 1.30. The van der Waals surface area contributed by atoms with Gasteiger partial charge >= 0.3 is 5.97 Å². The molecule has 2 atom stereocenters. The Hall–Kier alpha value is -1.36. The van der Waals surface area contributed by atoms with Crippen molar-refractivity contribution < 1.29 is 14.3 Å². The van der Waals surface area contributed by atoms with Gasteiger partial charge in [-0.05, 0) is 25.5 Å². The number of nitrogens with one attached hydrogen (secondary N) is 1. The smallest absolute Gasteiger partial charge is 0.329 e. The van der Waals surface area contributed by atoms with Crippen LogP contribution in [0.5, 0.6) is 0 Å². The van der Waals surface area contributed by atoms with Crippen molar-refractivity contribution in [2.45, 2.75) is 45.1 Å². The van der Waals surface area contributed by atoms with Gasteiger partial charge in [-0.1, -0.05) is 13.8 Å². The first-order chi connectivity index (χ1) is 9.01. The summed E-state index contributed by atoms with van der Waals surface area (Å²) in [5, 5.41) is 2.75. The Balaban J connectivity index is 2.32. The molecule has 0 aromatic carbocycles. The molecule has 104 valence electrons. The van der Waals surface area contributed by atoms with Crippen molar-refractivity contribution in [1.29, 1.82) is 0 Å². The Morgan fingerprint density at radius 1 is 1.53 bits per heavy atom. The maximum Gasteiger partial charge on any atom is 0.329 e. The van der Waals surface area contributed by atoms with Gasteiger partial charge in [0, 0.05) is 21.6 Å². The second kappa shape index (κ2) is 5.33. The first-order valence-electron chi connectivity index (χ1n) is 6.56. The van der Waals surface area contributed by atoms with Gasteiger partial charge in [0.15, 0.2) is 0 Å². The number of hydrogen-bond acceptors (Lipinski definition) is 4. The Labute approximate surface area is 117 Å². The first-order valence-corrected chi connectivity index (χ1v) is 7.38. The van der Waals surface area contributed by atoms with E-state index < -0.39 is 11.5 Å². The quantitative estimate of drug-likeness (QED) is 0.859. The number of esters is 1. The fourth-order valence-corrected chi connectivity index (χ4v) is 3.58. The van der Waals surface area contributed by atoms with Crippen molar-refractivity contribution in [3.8, 4) is 0 Å². The predicted octanol–water partition coefficient (Wildman–Crippen LogP) is 2.02. The third kappa shape index (κ3) is 2.52. The molecule has 1 saturated heterocycles. The lowest BCUT2D eigenvalue weighted by Crippen LogP contribution is -2.45. The molecule has 1 N–H and O–H groups in total. The summed E-state index contributed by atoms with van der Waals surface area (Å²) in [5.41, 5.74) is -0.499. The van der Waals surface area contributed by atoms with E-state index >= 15 is 0 Å². The van der Waals surface area contributed by atoms with E-state index in [2.05, 4.69) is 18.3 Å². The molecule has 0 spiro atoms. The summed E-state index contributed by atoms with van der Waals surface area (Å²) in [6, 6.07) is 3.51. The van der Waals surface area contributed by atoms with Crippen LogP contribution in [-0.4, -0.2) is 24.5 Å². The Morgan fingerprint density at radius 3 is 2.84 bits per heavy atom. The SMILES string of the molecule is CCOC(=O)C1NC(=O)CC1(C)c1ccc(CC)s1. The highest BCUT2D eigenvalue weighted by Gasteiger charge is 2.49. The fourth-order valence-electron chi connectivity index (χ4n) is 2.46. The van der Waals surface area contributed by atoms with Crippen molar-refractivity contribution in [2.24, 2.45) is 0 Å². The number of amides is 1. The van der Waals surface area contributed by atoms with E-state index in [1.807, 2.05) is 13.0 Å². The molecule has 2 unspecified atom stereocenters. The zero-order valence-electron chi connectivity index (χ0n) is 11.5. The van der Waals surface area contributed by atoms with E-state index in [4.69, 9.17) is 4.74 Å². The highest BCUT2D eigenvalue weighted by atomic mass is 32.1. The molecule has 5 heteroatoms. The molecule has 2 rings (SSSR count). The molecule has 1 aromatic heterocycles. The second-order valence-electron chi connectivity index (χ2n) is 4.97. The lowest BCUT2D eigenvalue weighted by molar-refractivity contribution is -0.147. The standard InChI is InChI=1S/C14H19NO3S/c1-4-9-6-7-10(19-9)14(3)8-11(16)15-12(14)13(17)18-5-2/h6-7,12H,4-5,8H2,1-3H3,(H,15,16). The van der Waals surface area contributed by atoms with Crippen molar-refractivity contribution in [3.05, 3.63) is 21.9 Å². The monoisotopic (exact) mass is 281 g/mol. The van der Waals surface area contributed by atoms with Crippen LogP contribution in [0.25, 0.3) is 0 Å². The molecule has 0 saturated carbocycles. The van der Waals surface area contributed by atoms with E-state index in [-0.39, 0.29) is 11.9 Å². The maximum absolute atomic E-state index is 12.0. The Kier molecular flexibility index (Phi) is 3.94. The second-order valence-corrected chi connectivity index (χ2v) is 6.13. The zero-order valence-corrected chi connectivity index (χ0v) is 12.3. The minimum atomic E-state index is -0.580. The number of carbonyl (C=O) groups is 2. The number of thiophene rings is 1. The Bertz CT molecular complexity index is 497. The van der Waals surface area contributed by atoms with Crippen molar-refractivity contribution in [3.63, 3.8) is 0 Å². The fraction of sp³-hybridized carbons (Fsp3) is 0.571. The Morgan fingerprint density at radius 2 is 2.26 bits per heavy atom. The van der Waals surface area contributed by atoms with Gasteiger partial charge in [-0.15, -0.1) is 11.3 Å².